The van der Waals surface area contributed by atoms with Crippen LogP contribution in [0.15, 0.2) is 42.5 Å². The number of benzene rings is 2. The molecule has 36 heavy (non-hydrogen) atoms. The van der Waals surface area contributed by atoms with E-state index in [0.717, 1.165) is 29.5 Å². The van der Waals surface area contributed by atoms with E-state index in [1.807, 2.05) is 6.92 Å². The number of aryl methyl sites for hydroxylation is 1. The topological polar surface area (TPSA) is 130 Å². The number of nitro benzene ring substituents is 1. The number of hydrogen-bond acceptors (Lipinski definition) is 6. The fraction of sp³-hybridized carbons (Fsp3) is 0.417. The third kappa shape index (κ3) is 7.92. The number of amides is 2. The predicted molar refractivity (Wildman–Crippen MR) is 139 cm³/mol. The number of hydrogen-bond donors (Lipinski definition) is 1. The second kappa shape index (κ2) is 12.7. The van der Waals surface area contributed by atoms with E-state index in [-0.39, 0.29) is 23.8 Å². The molecule has 10 nitrogen and oxygen atoms in total. The monoisotopic (exact) mass is 538 g/mol. The van der Waals surface area contributed by atoms with Gasteiger partial charge < -0.3 is 10.2 Å². The maximum Gasteiger partial charge on any atom is 0.271 e. The lowest BCUT2D eigenvalue weighted by atomic mass is 10.1. The highest BCUT2D eigenvalue weighted by Crippen LogP contribution is 2.28. The van der Waals surface area contributed by atoms with Crippen LogP contribution in [0, 0.1) is 17.0 Å². The van der Waals surface area contributed by atoms with Gasteiger partial charge in [-0.05, 0) is 43.5 Å². The van der Waals surface area contributed by atoms with Crippen molar-refractivity contribution in [2.75, 3.05) is 23.7 Å². The Labute approximate surface area is 216 Å². The number of non-ortho nitro benzene ring substituents is 1. The Morgan fingerprint density at radius 2 is 1.81 bits per heavy atom. The molecule has 0 aromatic heterocycles. The second-order valence-corrected chi connectivity index (χ2v) is 10.8. The number of halogens is 1. The van der Waals surface area contributed by atoms with Gasteiger partial charge in [0.05, 0.1) is 16.9 Å². The summed E-state index contributed by atoms with van der Waals surface area (Å²) in [5.74, 6) is -1.01. The van der Waals surface area contributed by atoms with Crippen molar-refractivity contribution in [3.8, 4) is 0 Å². The minimum absolute atomic E-state index is 0.0199. The Morgan fingerprint density at radius 1 is 1.17 bits per heavy atom. The van der Waals surface area contributed by atoms with Gasteiger partial charge in [0.25, 0.3) is 5.69 Å². The van der Waals surface area contributed by atoms with Crippen molar-refractivity contribution in [2.24, 2.45) is 0 Å². The largest absolute Gasteiger partial charge is 0.354 e. The predicted octanol–water partition coefficient (Wildman–Crippen LogP) is 3.66. The average Bonchev–Trinajstić information content (AvgIpc) is 2.81. The molecule has 0 saturated carbocycles. The standard InChI is InChI=1S/C24H31ClN4O6S/c1-5-6-13-26-24(31)18(3)27(15-19-8-10-20(25)11-9-19)23(30)16-28(36(4,34)35)22-14-21(29(32)33)12-7-17(22)2/h7-12,14,18H,5-6,13,15-16H2,1-4H3,(H,26,31). The molecule has 1 atom stereocenters. The highest BCUT2D eigenvalue weighted by Gasteiger charge is 2.31. The van der Waals surface area contributed by atoms with Crippen LogP contribution in [0.3, 0.4) is 0 Å². The summed E-state index contributed by atoms with van der Waals surface area (Å²) in [6, 6.07) is 9.63. The fourth-order valence-corrected chi connectivity index (χ4v) is 4.50. The first kappa shape index (κ1) is 29.1. The van der Waals surface area contributed by atoms with Gasteiger partial charge in [0.1, 0.15) is 12.6 Å². The van der Waals surface area contributed by atoms with Crippen LogP contribution >= 0.6 is 11.6 Å². The third-order valence-electron chi connectivity index (χ3n) is 5.61. The van der Waals surface area contributed by atoms with Crippen molar-refractivity contribution in [3.05, 3.63) is 68.7 Å². The quantitative estimate of drug-likeness (QED) is 0.249. The molecule has 196 valence electrons. The highest BCUT2D eigenvalue weighted by atomic mass is 35.5. The van der Waals surface area contributed by atoms with Gasteiger partial charge in [0.2, 0.25) is 21.8 Å². The summed E-state index contributed by atoms with van der Waals surface area (Å²) in [6.45, 7) is 4.99. The summed E-state index contributed by atoms with van der Waals surface area (Å²) in [7, 11) is -4.01. The van der Waals surface area contributed by atoms with Gasteiger partial charge in [-0.25, -0.2) is 8.42 Å². The molecule has 2 aromatic rings. The average molecular weight is 539 g/mol. The van der Waals surface area contributed by atoms with Crippen LogP contribution in [0.25, 0.3) is 0 Å². The minimum Gasteiger partial charge on any atom is -0.354 e. The van der Waals surface area contributed by atoms with Gasteiger partial charge in [-0.1, -0.05) is 43.1 Å². The lowest BCUT2D eigenvalue weighted by molar-refractivity contribution is -0.384. The molecule has 0 aliphatic heterocycles. The van der Waals surface area contributed by atoms with Gasteiger partial charge in [0, 0.05) is 30.2 Å². The van der Waals surface area contributed by atoms with Gasteiger partial charge in [-0.15, -0.1) is 0 Å². The van der Waals surface area contributed by atoms with Crippen LogP contribution in [0.2, 0.25) is 5.02 Å². The maximum atomic E-state index is 13.5. The van der Waals surface area contributed by atoms with Crippen molar-refractivity contribution in [3.63, 3.8) is 0 Å². The molecule has 2 rings (SSSR count). The lowest BCUT2D eigenvalue weighted by Crippen LogP contribution is -2.51. The number of nitrogens with one attached hydrogen (secondary N) is 1. The Morgan fingerprint density at radius 3 is 2.36 bits per heavy atom. The summed E-state index contributed by atoms with van der Waals surface area (Å²) in [4.78, 5) is 38.3. The van der Waals surface area contributed by atoms with Crippen LogP contribution in [0.1, 0.15) is 37.8 Å². The van der Waals surface area contributed by atoms with Crippen LogP contribution < -0.4 is 9.62 Å². The van der Waals surface area contributed by atoms with Crippen molar-refractivity contribution >= 4 is 44.8 Å². The first-order chi connectivity index (χ1) is 16.8. The molecule has 2 amide bonds. The molecule has 0 saturated heterocycles. The number of unbranched alkanes of at least 4 members (excludes halogenated alkanes) is 1. The van der Waals surface area contributed by atoms with E-state index in [1.54, 1.807) is 38.1 Å². The number of anilines is 1. The van der Waals surface area contributed by atoms with Gasteiger partial charge in [-0.3, -0.25) is 24.0 Å². The number of nitro groups is 1. The molecular formula is C24H31ClN4O6S. The summed E-state index contributed by atoms with van der Waals surface area (Å²) >= 11 is 5.97. The van der Waals surface area contributed by atoms with Crippen LogP contribution in [-0.2, 0) is 26.2 Å². The molecule has 0 aliphatic carbocycles. The SMILES string of the molecule is CCCCNC(=O)C(C)N(Cc1ccc(Cl)cc1)C(=O)CN(c1cc([N+](=O)[O-])ccc1C)S(C)(=O)=O. The highest BCUT2D eigenvalue weighted by molar-refractivity contribution is 7.92. The number of rotatable bonds is 12. The second-order valence-electron chi connectivity index (χ2n) is 8.47. The van der Waals surface area contributed by atoms with Gasteiger partial charge in [0.15, 0.2) is 0 Å². The van der Waals surface area contributed by atoms with E-state index in [4.69, 9.17) is 11.6 Å². The Kier molecular flexibility index (Phi) is 10.2. The van der Waals surface area contributed by atoms with E-state index >= 15 is 0 Å². The smallest absolute Gasteiger partial charge is 0.271 e. The lowest BCUT2D eigenvalue weighted by Gasteiger charge is -2.31. The van der Waals surface area contributed by atoms with Gasteiger partial charge in [-0.2, -0.15) is 0 Å². The van der Waals surface area contributed by atoms with Crippen LogP contribution in [-0.4, -0.2) is 55.4 Å². The van der Waals surface area contributed by atoms with E-state index in [1.165, 1.54) is 17.0 Å². The Hall–Kier alpha value is -3.18. The van der Waals surface area contributed by atoms with E-state index in [9.17, 15) is 28.1 Å². The number of carbonyl (C=O) groups is 2. The van der Waals surface area contributed by atoms with Gasteiger partial charge >= 0.3 is 0 Å². The maximum absolute atomic E-state index is 13.5. The number of carbonyl (C=O) groups excluding carboxylic acids is 2. The molecular weight excluding hydrogens is 508 g/mol. The number of sulfonamides is 1. The van der Waals surface area contributed by atoms with E-state index < -0.39 is 33.4 Å². The van der Waals surface area contributed by atoms with E-state index in [0.29, 0.717) is 22.7 Å². The van der Waals surface area contributed by atoms with Crippen molar-refractivity contribution in [2.45, 2.75) is 46.2 Å². The zero-order valence-corrected chi connectivity index (χ0v) is 22.3. The van der Waals surface area contributed by atoms with Crippen molar-refractivity contribution in [1.82, 2.24) is 10.2 Å². The molecule has 1 N–H and O–H groups in total. The summed E-state index contributed by atoms with van der Waals surface area (Å²) < 4.78 is 26.2. The van der Waals surface area contributed by atoms with Crippen LogP contribution in [0.5, 0.6) is 0 Å². The molecule has 0 spiro atoms. The molecule has 1 unspecified atom stereocenters. The van der Waals surface area contributed by atoms with E-state index in [2.05, 4.69) is 5.32 Å². The first-order valence-electron chi connectivity index (χ1n) is 11.4. The first-order valence-corrected chi connectivity index (χ1v) is 13.6. The number of nitrogens with zero attached hydrogens (tertiary/aromatic N) is 3. The zero-order chi connectivity index (χ0) is 27.0. The molecule has 0 bridgehead atoms. The van der Waals surface area contributed by atoms with Crippen molar-refractivity contribution < 1.29 is 22.9 Å². The molecule has 0 heterocycles. The molecule has 2 aromatic carbocycles. The minimum atomic E-state index is -4.01. The summed E-state index contributed by atoms with van der Waals surface area (Å²) in [6.07, 6.45) is 2.58. The molecule has 0 fully saturated rings. The zero-order valence-electron chi connectivity index (χ0n) is 20.7. The fourth-order valence-electron chi connectivity index (χ4n) is 3.48. The van der Waals surface area contributed by atoms with Crippen molar-refractivity contribution in [1.29, 1.82) is 0 Å². The Balaban J connectivity index is 2.43. The summed E-state index contributed by atoms with van der Waals surface area (Å²) in [5, 5.41) is 14.6. The molecule has 0 radical (unpaired) electrons. The Bertz CT molecular complexity index is 1200. The normalized spacial score (nSPS) is 12.0. The molecule has 0 aliphatic rings. The van der Waals surface area contributed by atoms with Crippen LogP contribution in [0.4, 0.5) is 11.4 Å². The molecule has 12 heteroatoms. The summed E-state index contributed by atoms with van der Waals surface area (Å²) in [5.41, 5.74) is 0.844. The third-order valence-corrected chi connectivity index (χ3v) is 6.99.